The van der Waals surface area contributed by atoms with Crippen LogP contribution in [-0.2, 0) is 6.42 Å². The largest absolute Gasteiger partial charge is 0.366 e. The lowest BCUT2D eigenvalue weighted by Gasteiger charge is -2.37. The molecule has 4 heteroatoms. The third kappa shape index (κ3) is 3.72. The van der Waals surface area contributed by atoms with Crippen molar-refractivity contribution >= 4 is 5.82 Å². The molecular weight excluding hydrogens is 260 g/mol. The standard InChI is InChI=1S/C17H26N4/c1-5-15-14(10-18)16(20-11-19-15)21-13-8-6-12(7-9-13)17(2,3)4/h11-13H,5-9H2,1-4H3,(H,19,20,21). The molecule has 1 aromatic rings. The molecule has 21 heavy (non-hydrogen) atoms. The van der Waals surface area contributed by atoms with E-state index in [9.17, 15) is 5.26 Å². The van der Waals surface area contributed by atoms with E-state index in [1.807, 2.05) is 6.92 Å². The van der Waals surface area contributed by atoms with E-state index in [2.05, 4.69) is 42.1 Å². The quantitative estimate of drug-likeness (QED) is 0.914. The van der Waals surface area contributed by atoms with Gasteiger partial charge in [-0.1, -0.05) is 27.7 Å². The normalized spacial score (nSPS) is 22.6. The van der Waals surface area contributed by atoms with Gasteiger partial charge in [0, 0.05) is 6.04 Å². The lowest BCUT2D eigenvalue weighted by atomic mass is 9.71. The first-order chi connectivity index (χ1) is 9.95. The van der Waals surface area contributed by atoms with E-state index in [-0.39, 0.29) is 0 Å². The maximum atomic E-state index is 9.34. The molecule has 0 radical (unpaired) electrons. The fourth-order valence-corrected chi connectivity index (χ4v) is 3.21. The number of nitrogens with one attached hydrogen (secondary N) is 1. The molecule has 0 unspecified atom stereocenters. The fourth-order valence-electron chi connectivity index (χ4n) is 3.21. The maximum Gasteiger partial charge on any atom is 0.147 e. The van der Waals surface area contributed by atoms with E-state index in [4.69, 9.17) is 0 Å². The van der Waals surface area contributed by atoms with Crippen LogP contribution in [0.15, 0.2) is 6.33 Å². The zero-order valence-electron chi connectivity index (χ0n) is 13.6. The van der Waals surface area contributed by atoms with Gasteiger partial charge in [-0.3, -0.25) is 0 Å². The minimum absolute atomic E-state index is 0.396. The first-order valence-electron chi connectivity index (χ1n) is 7.96. The van der Waals surface area contributed by atoms with Crippen LogP contribution in [0.5, 0.6) is 0 Å². The molecule has 0 aromatic carbocycles. The lowest BCUT2D eigenvalue weighted by Crippen LogP contribution is -2.32. The second-order valence-electron chi connectivity index (χ2n) is 7.07. The van der Waals surface area contributed by atoms with E-state index in [1.54, 1.807) is 6.33 Å². The average molecular weight is 286 g/mol. The second-order valence-corrected chi connectivity index (χ2v) is 7.07. The van der Waals surface area contributed by atoms with Gasteiger partial charge in [0.25, 0.3) is 0 Å². The number of aromatic nitrogens is 2. The second kappa shape index (κ2) is 6.43. The van der Waals surface area contributed by atoms with Gasteiger partial charge in [-0.25, -0.2) is 9.97 Å². The Kier molecular flexibility index (Phi) is 4.82. The Morgan fingerprint density at radius 2 is 1.90 bits per heavy atom. The fraction of sp³-hybridized carbons (Fsp3) is 0.706. The molecule has 1 fully saturated rings. The third-order valence-electron chi connectivity index (χ3n) is 4.67. The first-order valence-corrected chi connectivity index (χ1v) is 7.96. The summed E-state index contributed by atoms with van der Waals surface area (Å²) in [5, 5.41) is 12.8. The molecule has 1 N–H and O–H groups in total. The lowest BCUT2D eigenvalue weighted by molar-refractivity contribution is 0.173. The van der Waals surface area contributed by atoms with E-state index >= 15 is 0 Å². The van der Waals surface area contributed by atoms with Crippen LogP contribution in [0, 0.1) is 22.7 Å². The van der Waals surface area contributed by atoms with Gasteiger partial charge in [0.2, 0.25) is 0 Å². The van der Waals surface area contributed by atoms with E-state index in [1.165, 1.54) is 12.8 Å². The van der Waals surface area contributed by atoms with Gasteiger partial charge in [0.15, 0.2) is 0 Å². The molecule has 1 saturated carbocycles. The van der Waals surface area contributed by atoms with Crippen molar-refractivity contribution < 1.29 is 0 Å². The summed E-state index contributed by atoms with van der Waals surface area (Å²) in [4.78, 5) is 8.47. The summed E-state index contributed by atoms with van der Waals surface area (Å²) in [6, 6.07) is 2.68. The van der Waals surface area contributed by atoms with Crippen LogP contribution in [0.4, 0.5) is 5.82 Å². The first kappa shape index (κ1) is 15.8. The van der Waals surface area contributed by atoms with Crippen LogP contribution in [0.1, 0.15) is 64.6 Å². The molecule has 0 saturated heterocycles. The third-order valence-corrected chi connectivity index (χ3v) is 4.67. The van der Waals surface area contributed by atoms with E-state index < -0.39 is 0 Å². The number of hydrogen-bond acceptors (Lipinski definition) is 4. The van der Waals surface area contributed by atoms with Crippen LogP contribution >= 0.6 is 0 Å². The zero-order valence-corrected chi connectivity index (χ0v) is 13.6. The number of hydrogen-bond donors (Lipinski definition) is 1. The smallest absolute Gasteiger partial charge is 0.147 e. The number of aryl methyl sites for hydroxylation is 1. The molecule has 0 bridgehead atoms. The minimum atomic E-state index is 0.396. The molecule has 1 aliphatic rings. The van der Waals surface area contributed by atoms with Gasteiger partial charge in [0.05, 0.1) is 5.69 Å². The Morgan fingerprint density at radius 3 is 2.43 bits per heavy atom. The number of rotatable bonds is 3. The summed E-state index contributed by atoms with van der Waals surface area (Å²) >= 11 is 0. The maximum absolute atomic E-state index is 9.34. The Bertz CT molecular complexity index is 517. The van der Waals surface area contributed by atoms with Gasteiger partial charge in [0.1, 0.15) is 23.8 Å². The number of nitriles is 1. The van der Waals surface area contributed by atoms with Crippen molar-refractivity contribution in [3.63, 3.8) is 0 Å². The highest BCUT2D eigenvalue weighted by Crippen LogP contribution is 2.38. The Hall–Kier alpha value is -1.63. The van der Waals surface area contributed by atoms with Gasteiger partial charge >= 0.3 is 0 Å². The zero-order chi connectivity index (χ0) is 15.5. The Labute approximate surface area is 128 Å². The van der Waals surface area contributed by atoms with Gasteiger partial charge in [-0.2, -0.15) is 5.26 Å². The summed E-state index contributed by atoms with van der Waals surface area (Å²) in [7, 11) is 0. The SMILES string of the molecule is CCc1ncnc(NC2CCC(C(C)(C)C)CC2)c1C#N. The van der Waals surface area contributed by atoms with Crippen LogP contribution in [0.3, 0.4) is 0 Å². The molecule has 114 valence electrons. The summed E-state index contributed by atoms with van der Waals surface area (Å²) in [5.41, 5.74) is 1.84. The molecule has 0 atom stereocenters. The van der Waals surface area contributed by atoms with Crippen molar-refractivity contribution in [2.75, 3.05) is 5.32 Å². The van der Waals surface area contributed by atoms with Crippen LogP contribution < -0.4 is 5.32 Å². The molecule has 2 rings (SSSR count). The number of nitrogens with zero attached hydrogens (tertiary/aromatic N) is 3. The predicted octanol–water partition coefficient (Wildman–Crippen LogP) is 3.93. The van der Waals surface area contributed by atoms with E-state index in [0.717, 1.165) is 30.9 Å². The van der Waals surface area contributed by atoms with Crippen molar-refractivity contribution in [2.45, 2.75) is 65.8 Å². The monoisotopic (exact) mass is 286 g/mol. The molecule has 0 spiro atoms. The van der Waals surface area contributed by atoms with Crippen molar-refractivity contribution in [3.05, 3.63) is 17.6 Å². The topological polar surface area (TPSA) is 61.6 Å². The summed E-state index contributed by atoms with van der Waals surface area (Å²) < 4.78 is 0. The molecule has 0 aliphatic heterocycles. The Balaban J connectivity index is 2.03. The van der Waals surface area contributed by atoms with Crippen molar-refractivity contribution in [2.24, 2.45) is 11.3 Å². The predicted molar refractivity (Wildman–Crippen MR) is 84.9 cm³/mol. The van der Waals surface area contributed by atoms with E-state index in [0.29, 0.717) is 22.8 Å². The number of anilines is 1. The van der Waals surface area contributed by atoms with Gasteiger partial charge in [-0.15, -0.1) is 0 Å². The van der Waals surface area contributed by atoms with Crippen LogP contribution in [0.25, 0.3) is 0 Å². The molecular formula is C17H26N4. The van der Waals surface area contributed by atoms with Crippen molar-refractivity contribution in [3.8, 4) is 6.07 Å². The van der Waals surface area contributed by atoms with Gasteiger partial charge < -0.3 is 5.32 Å². The average Bonchev–Trinajstić information content (AvgIpc) is 2.46. The molecule has 4 nitrogen and oxygen atoms in total. The van der Waals surface area contributed by atoms with Crippen molar-refractivity contribution in [1.29, 1.82) is 5.26 Å². The molecule has 1 aliphatic carbocycles. The molecule has 1 aromatic heterocycles. The highest BCUT2D eigenvalue weighted by Gasteiger charge is 2.30. The summed E-state index contributed by atoms with van der Waals surface area (Å²) in [5.74, 6) is 1.51. The Morgan fingerprint density at radius 1 is 1.24 bits per heavy atom. The highest BCUT2D eigenvalue weighted by atomic mass is 15.0. The minimum Gasteiger partial charge on any atom is -0.366 e. The van der Waals surface area contributed by atoms with Gasteiger partial charge in [-0.05, 0) is 43.4 Å². The van der Waals surface area contributed by atoms with Crippen LogP contribution in [0.2, 0.25) is 0 Å². The summed E-state index contributed by atoms with van der Waals surface area (Å²) in [6.45, 7) is 9.01. The molecule has 1 heterocycles. The highest BCUT2D eigenvalue weighted by molar-refractivity contribution is 5.54. The summed E-state index contributed by atoms with van der Waals surface area (Å²) in [6.07, 6.45) is 7.11. The van der Waals surface area contributed by atoms with Crippen molar-refractivity contribution in [1.82, 2.24) is 9.97 Å². The molecule has 0 amide bonds. The van der Waals surface area contributed by atoms with Crippen LogP contribution in [-0.4, -0.2) is 16.0 Å².